The van der Waals surface area contributed by atoms with E-state index in [0.29, 0.717) is 44.1 Å². The van der Waals surface area contributed by atoms with Gasteiger partial charge < -0.3 is 35.7 Å². The van der Waals surface area contributed by atoms with E-state index >= 15 is 0 Å². The predicted octanol–water partition coefficient (Wildman–Crippen LogP) is 2.10. The van der Waals surface area contributed by atoms with E-state index in [4.69, 9.17) is 19.9 Å². The van der Waals surface area contributed by atoms with E-state index in [-0.39, 0.29) is 24.8 Å². The van der Waals surface area contributed by atoms with Crippen LogP contribution in [0.1, 0.15) is 22.8 Å². The zero-order chi connectivity index (χ0) is 29.1. The number of nitro groups is 1. The highest BCUT2D eigenvalue weighted by Crippen LogP contribution is 2.37. The first-order chi connectivity index (χ1) is 18.3. The minimum Gasteiger partial charge on any atom is -0.490 e. The van der Waals surface area contributed by atoms with E-state index in [9.17, 15) is 38.0 Å². The van der Waals surface area contributed by atoms with Crippen LogP contribution in [0.2, 0.25) is 0 Å². The number of hydrogen-bond donors (Lipinski definition) is 4. The minimum absolute atomic E-state index is 0.204. The Morgan fingerprint density at radius 3 is 2.28 bits per heavy atom. The number of anilines is 1. The molecule has 214 valence electrons. The van der Waals surface area contributed by atoms with Crippen molar-refractivity contribution in [2.45, 2.75) is 18.7 Å². The average molecular weight is 559 g/mol. The van der Waals surface area contributed by atoms with Gasteiger partial charge in [0, 0.05) is 30.4 Å². The molecule has 0 saturated heterocycles. The molecule has 0 bridgehead atoms. The van der Waals surface area contributed by atoms with Gasteiger partial charge in [-0.2, -0.15) is 13.2 Å². The molecule has 2 aromatic carbocycles. The molecule has 2 rings (SSSR count). The third-order valence-corrected chi connectivity index (χ3v) is 5.05. The lowest BCUT2D eigenvalue weighted by Crippen LogP contribution is -2.45. The summed E-state index contributed by atoms with van der Waals surface area (Å²) in [4.78, 5) is 34.4. The second-order valence-electron chi connectivity index (χ2n) is 8.30. The van der Waals surface area contributed by atoms with E-state index < -0.39 is 46.2 Å². The summed E-state index contributed by atoms with van der Waals surface area (Å²) < 4.78 is 55.3. The van der Waals surface area contributed by atoms with Crippen LogP contribution >= 0.6 is 0 Å². The SMILES string of the molecule is C[C@](O)(COc1ccc(C(=O)NCCOCCOCCN)cc1)C(=O)Nc1ccc([N+](=O)[O-])c(C(F)(F)F)c1. The zero-order valence-corrected chi connectivity index (χ0v) is 21.0. The number of alkyl halides is 3. The van der Waals surface area contributed by atoms with Gasteiger partial charge in [0.05, 0.1) is 31.4 Å². The molecule has 0 unspecified atom stereocenters. The molecule has 0 fully saturated rings. The maximum absolute atomic E-state index is 13.2. The third-order valence-electron chi connectivity index (χ3n) is 5.05. The molecule has 1 atom stereocenters. The zero-order valence-electron chi connectivity index (χ0n) is 21.0. The van der Waals surface area contributed by atoms with Crippen LogP contribution in [0.15, 0.2) is 42.5 Å². The van der Waals surface area contributed by atoms with Crippen LogP contribution in [0.3, 0.4) is 0 Å². The van der Waals surface area contributed by atoms with E-state index in [1.807, 2.05) is 0 Å². The van der Waals surface area contributed by atoms with Crippen molar-refractivity contribution in [3.8, 4) is 5.75 Å². The highest BCUT2D eigenvalue weighted by atomic mass is 19.4. The number of rotatable bonds is 15. The Morgan fingerprint density at radius 2 is 1.69 bits per heavy atom. The van der Waals surface area contributed by atoms with E-state index in [1.54, 1.807) is 0 Å². The topological polar surface area (TPSA) is 175 Å². The first-order valence-corrected chi connectivity index (χ1v) is 11.6. The summed E-state index contributed by atoms with van der Waals surface area (Å²) in [6.45, 7) is 2.68. The van der Waals surface area contributed by atoms with E-state index in [1.165, 1.54) is 24.3 Å². The van der Waals surface area contributed by atoms with Gasteiger partial charge in [-0.15, -0.1) is 0 Å². The number of carbonyl (C=O) groups excluding carboxylic acids is 2. The van der Waals surface area contributed by atoms with Gasteiger partial charge in [-0.25, -0.2) is 0 Å². The van der Waals surface area contributed by atoms with Gasteiger partial charge in [-0.1, -0.05) is 0 Å². The van der Waals surface area contributed by atoms with Crippen LogP contribution in [0.4, 0.5) is 24.5 Å². The van der Waals surface area contributed by atoms with Crippen LogP contribution < -0.4 is 21.1 Å². The second-order valence-corrected chi connectivity index (χ2v) is 8.30. The van der Waals surface area contributed by atoms with Gasteiger partial charge in [0.1, 0.15) is 17.9 Å². The Morgan fingerprint density at radius 1 is 1.05 bits per heavy atom. The molecule has 0 aliphatic heterocycles. The minimum atomic E-state index is -5.04. The summed E-state index contributed by atoms with van der Waals surface area (Å²) in [5.74, 6) is -1.26. The lowest BCUT2D eigenvalue weighted by molar-refractivity contribution is -0.388. The van der Waals surface area contributed by atoms with Crippen molar-refractivity contribution in [3.63, 3.8) is 0 Å². The standard InChI is InChI=1S/C24H29F3N4O8/c1-23(34,22(33)30-17-4-7-20(31(35)36)19(14-17)24(25,26)27)15-39-18-5-2-16(3-6-18)21(32)29-9-11-38-13-12-37-10-8-28/h2-7,14,34H,8-13,15,28H2,1H3,(H,29,32)(H,30,33)/t23-/m0/s1. The molecule has 0 saturated carbocycles. The van der Waals surface area contributed by atoms with Crippen molar-refractivity contribution >= 4 is 23.2 Å². The molecule has 12 nitrogen and oxygen atoms in total. The maximum atomic E-state index is 13.2. The Bertz CT molecular complexity index is 1130. The summed E-state index contributed by atoms with van der Waals surface area (Å²) in [5.41, 5.74) is 0.293. The van der Waals surface area contributed by atoms with Crippen molar-refractivity contribution in [1.29, 1.82) is 0 Å². The van der Waals surface area contributed by atoms with E-state index in [2.05, 4.69) is 10.6 Å². The van der Waals surface area contributed by atoms with Crippen LogP contribution in [-0.2, 0) is 20.4 Å². The number of nitrogens with two attached hydrogens (primary N) is 1. The fourth-order valence-electron chi connectivity index (χ4n) is 3.00. The molecule has 0 aromatic heterocycles. The first-order valence-electron chi connectivity index (χ1n) is 11.6. The maximum Gasteiger partial charge on any atom is 0.423 e. The molecule has 2 aromatic rings. The Labute approximate surface area is 221 Å². The highest BCUT2D eigenvalue weighted by Gasteiger charge is 2.39. The highest BCUT2D eigenvalue weighted by molar-refractivity contribution is 5.97. The Hall–Kier alpha value is -3.79. The molecule has 0 radical (unpaired) electrons. The van der Waals surface area contributed by atoms with Crippen LogP contribution in [-0.4, -0.2) is 73.6 Å². The van der Waals surface area contributed by atoms with Crippen molar-refractivity contribution in [2.75, 3.05) is 51.4 Å². The number of benzene rings is 2. The largest absolute Gasteiger partial charge is 0.490 e. The summed E-state index contributed by atoms with van der Waals surface area (Å²) in [7, 11) is 0. The molecular weight excluding hydrogens is 529 g/mol. The van der Waals surface area contributed by atoms with Crippen molar-refractivity contribution < 1.29 is 47.0 Å². The molecule has 15 heteroatoms. The van der Waals surface area contributed by atoms with Crippen molar-refractivity contribution in [2.24, 2.45) is 5.73 Å². The smallest absolute Gasteiger partial charge is 0.423 e. The van der Waals surface area contributed by atoms with Crippen molar-refractivity contribution in [3.05, 3.63) is 63.7 Å². The van der Waals surface area contributed by atoms with E-state index in [0.717, 1.165) is 13.0 Å². The fraction of sp³-hybridized carbons (Fsp3) is 0.417. The lowest BCUT2D eigenvalue weighted by Gasteiger charge is -2.23. The molecule has 2 amide bonds. The van der Waals surface area contributed by atoms with Gasteiger partial charge >= 0.3 is 6.18 Å². The number of aliphatic hydroxyl groups is 1. The quantitative estimate of drug-likeness (QED) is 0.145. The van der Waals surface area contributed by atoms with Gasteiger partial charge in [0.2, 0.25) is 0 Å². The fourth-order valence-corrected chi connectivity index (χ4v) is 3.00. The van der Waals surface area contributed by atoms with Crippen LogP contribution in [0, 0.1) is 10.1 Å². The van der Waals surface area contributed by atoms with Gasteiger partial charge in [-0.3, -0.25) is 19.7 Å². The first kappa shape index (κ1) is 31.4. The van der Waals surface area contributed by atoms with Gasteiger partial charge in [-0.05, 0) is 43.3 Å². The number of nitrogens with one attached hydrogen (secondary N) is 2. The van der Waals surface area contributed by atoms with Crippen LogP contribution in [0.5, 0.6) is 5.75 Å². The molecule has 0 spiro atoms. The number of nitro benzene ring substituents is 1. The number of nitrogens with zero attached hydrogens (tertiary/aromatic N) is 1. The Balaban J connectivity index is 1.86. The lowest BCUT2D eigenvalue weighted by atomic mass is 10.1. The second kappa shape index (κ2) is 14.4. The van der Waals surface area contributed by atoms with Gasteiger partial charge in [0.25, 0.3) is 17.5 Å². The summed E-state index contributed by atoms with van der Waals surface area (Å²) in [5, 5.41) is 26.1. The normalized spacial score (nSPS) is 12.9. The Kier molecular flexibility index (Phi) is 11.6. The monoisotopic (exact) mass is 558 g/mol. The molecule has 5 N–H and O–H groups in total. The summed E-state index contributed by atoms with van der Waals surface area (Å²) in [6.07, 6.45) is -5.04. The number of ether oxygens (including phenoxy) is 3. The summed E-state index contributed by atoms with van der Waals surface area (Å²) >= 11 is 0. The summed E-state index contributed by atoms with van der Waals surface area (Å²) in [6, 6.07) is 7.69. The number of halogens is 3. The molecular formula is C24H29F3N4O8. The van der Waals surface area contributed by atoms with Gasteiger partial charge in [0.15, 0.2) is 5.60 Å². The molecule has 0 aliphatic carbocycles. The molecule has 0 aliphatic rings. The average Bonchev–Trinajstić information content (AvgIpc) is 2.88. The van der Waals surface area contributed by atoms with Crippen molar-refractivity contribution in [1.82, 2.24) is 5.32 Å². The third kappa shape index (κ3) is 10.1. The molecule has 0 heterocycles. The number of hydrogen-bond acceptors (Lipinski definition) is 9. The molecule has 39 heavy (non-hydrogen) atoms. The number of amides is 2. The van der Waals surface area contributed by atoms with Crippen LogP contribution in [0.25, 0.3) is 0 Å². The number of carbonyl (C=O) groups is 2. The predicted molar refractivity (Wildman–Crippen MR) is 132 cm³/mol.